The van der Waals surface area contributed by atoms with Gasteiger partial charge < -0.3 is 9.73 Å². The first-order valence-corrected chi connectivity index (χ1v) is 8.76. The van der Waals surface area contributed by atoms with E-state index in [1.54, 1.807) is 17.6 Å². The fourth-order valence-electron chi connectivity index (χ4n) is 2.94. The molecule has 3 heterocycles. The molecule has 3 aromatic rings. The van der Waals surface area contributed by atoms with E-state index in [9.17, 15) is 0 Å². The summed E-state index contributed by atoms with van der Waals surface area (Å²) >= 11 is 1.60. The van der Waals surface area contributed by atoms with E-state index in [1.165, 1.54) is 24.1 Å². The van der Waals surface area contributed by atoms with Gasteiger partial charge in [0, 0.05) is 16.6 Å². The van der Waals surface area contributed by atoms with E-state index in [0.717, 1.165) is 40.9 Å². The lowest BCUT2D eigenvalue weighted by Crippen LogP contribution is -2.13. The molecule has 1 N–H and O–H groups in total. The Hall–Kier alpha value is -2.21. The van der Waals surface area contributed by atoms with Crippen molar-refractivity contribution in [1.82, 2.24) is 15.0 Å². The average Bonchev–Trinajstić information content (AvgIpc) is 3.23. The second-order valence-electron chi connectivity index (χ2n) is 5.73. The number of nitrogens with one attached hydrogen (secondary N) is 1. The Morgan fingerprint density at radius 2 is 2.13 bits per heavy atom. The molecule has 0 saturated carbocycles. The summed E-state index contributed by atoms with van der Waals surface area (Å²) in [6.07, 6.45) is 6.24. The van der Waals surface area contributed by atoms with Gasteiger partial charge in [0.05, 0.1) is 18.5 Å². The number of hydrogen-bond donors (Lipinski definition) is 1. The minimum atomic E-state index is 0.667. The normalized spacial score (nSPS) is 13.8. The van der Waals surface area contributed by atoms with Gasteiger partial charge in [0.1, 0.15) is 11.6 Å². The molecule has 0 bridgehead atoms. The molecule has 1 aliphatic rings. The third-order valence-electron chi connectivity index (χ3n) is 4.02. The van der Waals surface area contributed by atoms with Crippen molar-refractivity contribution in [3.8, 4) is 10.8 Å². The molecule has 0 radical (unpaired) electrons. The molecule has 1 aliphatic carbocycles. The van der Waals surface area contributed by atoms with Crippen molar-refractivity contribution in [2.45, 2.75) is 39.2 Å². The molecule has 4 rings (SSSR count). The maximum atomic E-state index is 5.39. The number of anilines is 1. The molecule has 0 amide bonds. The van der Waals surface area contributed by atoms with Gasteiger partial charge in [-0.1, -0.05) is 0 Å². The van der Waals surface area contributed by atoms with Crippen LogP contribution in [0.5, 0.6) is 0 Å². The van der Waals surface area contributed by atoms with E-state index in [4.69, 9.17) is 4.42 Å². The van der Waals surface area contributed by atoms with Gasteiger partial charge in [0.25, 0.3) is 0 Å². The lowest BCUT2D eigenvalue weighted by molar-refractivity contribution is 0.581. The molecule has 0 aromatic carbocycles. The molecule has 0 unspecified atom stereocenters. The van der Waals surface area contributed by atoms with Gasteiger partial charge in [-0.25, -0.2) is 15.0 Å². The van der Waals surface area contributed by atoms with E-state index < -0.39 is 0 Å². The van der Waals surface area contributed by atoms with Crippen LogP contribution in [0.4, 0.5) is 5.82 Å². The van der Waals surface area contributed by atoms with Gasteiger partial charge in [0.2, 0.25) is 0 Å². The van der Waals surface area contributed by atoms with Crippen LogP contribution in [0.1, 0.15) is 35.6 Å². The number of fused-ring (bicyclic) bond motifs is 1. The molecule has 0 aliphatic heterocycles. The number of nitrogens with zero attached hydrogens (tertiary/aromatic N) is 3. The van der Waals surface area contributed by atoms with E-state index >= 15 is 0 Å². The van der Waals surface area contributed by atoms with Crippen LogP contribution < -0.4 is 5.32 Å². The number of thiazole rings is 1. The molecule has 0 spiro atoms. The Morgan fingerprint density at radius 3 is 3.00 bits per heavy atom. The van der Waals surface area contributed by atoms with E-state index in [0.29, 0.717) is 6.54 Å². The summed E-state index contributed by atoms with van der Waals surface area (Å²) in [6, 6.07) is 3.81. The van der Waals surface area contributed by atoms with E-state index in [1.807, 2.05) is 19.1 Å². The Balaban J connectivity index is 1.52. The highest BCUT2D eigenvalue weighted by Crippen LogP contribution is 2.27. The lowest BCUT2D eigenvalue weighted by Gasteiger charge is -2.18. The fraction of sp³-hybridized carbons (Fsp3) is 0.353. The van der Waals surface area contributed by atoms with Crippen molar-refractivity contribution in [2.75, 3.05) is 5.32 Å². The molecule has 0 atom stereocenters. The fourth-order valence-corrected chi connectivity index (χ4v) is 3.73. The van der Waals surface area contributed by atoms with Gasteiger partial charge in [-0.3, -0.25) is 0 Å². The van der Waals surface area contributed by atoms with Crippen LogP contribution in [0.2, 0.25) is 0 Å². The standard InChI is InChI=1S/C17H18N4OS/c1-11-19-14-6-3-2-5-13(14)16(20-11)18-9-12-10-23-17(21-12)15-7-4-8-22-15/h4,7-8,10H,2-3,5-6,9H2,1H3,(H,18,19,20). The summed E-state index contributed by atoms with van der Waals surface area (Å²) < 4.78 is 5.39. The minimum absolute atomic E-state index is 0.667. The molecular weight excluding hydrogens is 308 g/mol. The van der Waals surface area contributed by atoms with Gasteiger partial charge >= 0.3 is 0 Å². The number of aromatic nitrogens is 3. The summed E-state index contributed by atoms with van der Waals surface area (Å²) in [7, 11) is 0. The molecular formula is C17H18N4OS. The Bertz CT molecular complexity index is 810. The zero-order chi connectivity index (χ0) is 15.6. The third kappa shape index (κ3) is 2.99. The van der Waals surface area contributed by atoms with Crippen LogP contribution in [-0.2, 0) is 19.4 Å². The highest BCUT2D eigenvalue weighted by atomic mass is 32.1. The van der Waals surface area contributed by atoms with E-state index in [-0.39, 0.29) is 0 Å². The predicted octanol–water partition coefficient (Wildman–Crippen LogP) is 3.99. The Morgan fingerprint density at radius 1 is 1.22 bits per heavy atom. The van der Waals surface area contributed by atoms with E-state index in [2.05, 4.69) is 25.6 Å². The smallest absolute Gasteiger partial charge is 0.162 e. The summed E-state index contributed by atoms with van der Waals surface area (Å²) in [5.74, 6) is 2.62. The second-order valence-corrected chi connectivity index (χ2v) is 6.58. The molecule has 6 heteroatoms. The average molecular weight is 326 g/mol. The first-order chi connectivity index (χ1) is 11.3. The maximum Gasteiger partial charge on any atom is 0.162 e. The molecule has 23 heavy (non-hydrogen) atoms. The van der Waals surface area contributed by atoms with Gasteiger partial charge in [-0.2, -0.15) is 0 Å². The van der Waals surface area contributed by atoms with Gasteiger partial charge in [0.15, 0.2) is 10.8 Å². The van der Waals surface area contributed by atoms with Crippen LogP contribution in [0.25, 0.3) is 10.8 Å². The van der Waals surface area contributed by atoms with Crippen LogP contribution in [0.15, 0.2) is 28.2 Å². The SMILES string of the molecule is Cc1nc2c(c(NCc3csc(-c4ccco4)n3)n1)CCCC2. The number of rotatable bonds is 4. The largest absolute Gasteiger partial charge is 0.462 e. The van der Waals surface area contributed by atoms with Crippen molar-refractivity contribution in [2.24, 2.45) is 0 Å². The van der Waals surface area contributed by atoms with Crippen LogP contribution in [0.3, 0.4) is 0 Å². The molecule has 0 fully saturated rings. The molecule has 3 aromatic heterocycles. The zero-order valence-corrected chi connectivity index (χ0v) is 13.8. The van der Waals surface area contributed by atoms with Crippen LogP contribution in [0, 0.1) is 6.92 Å². The van der Waals surface area contributed by atoms with Gasteiger partial charge in [-0.15, -0.1) is 11.3 Å². The molecule has 0 saturated heterocycles. The highest BCUT2D eigenvalue weighted by Gasteiger charge is 2.17. The maximum absolute atomic E-state index is 5.39. The van der Waals surface area contributed by atoms with Crippen molar-refractivity contribution in [1.29, 1.82) is 0 Å². The predicted molar refractivity (Wildman–Crippen MR) is 90.6 cm³/mol. The number of hydrogen-bond acceptors (Lipinski definition) is 6. The number of aryl methyl sites for hydroxylation is 2. The van der Waals surface area contributed by atoms with Crippen molar-refractivity contribution in [3.05, 3.63) is 46.6 Å². The van der Waals surface area contributed by atoms with Crippen LogP contribution >= 0.6 is 11.3 Å². The quantitative estimate of drug-likeness (QED) is 0.785. The molecule has 5 nitrogen and oxygen atoms in total. The van der Waals surface area contributed by atoms with Crippen LogP contribution in [-0.4, -0.2) is 15.0 Å². The topological polar surface area (TPSA) is 63.8 Å². The summed E-state index contributed by atoms with van der Waals surface area (Å²) in [6.45, 7) is 2.62. The minimum Gasteiger partial charge on any atom is -0.462 e. The zero-order valence-electron chi connectivity index (χ0n) is 13.0. The first kappa shape index (κ1) is 14.4. The van der Waals surface area contributed by atoms with Crippen molar-refractivity contribution >= 4 is 17.2 Å². The monoisotopic (exact) mass is 326 g/mol. The summed E-state index contributed by atoms with van der Waals surface area (Å²) in [5.41, 5.74) is 3.49. The highest BCUT2D eigenvalue weighted by molar-refractivity contribution is 7.13. The Kier molecular flexibility index (Phi) is 3.83. The Labute approximate surface area is 138 Å². The first-order valence-electron chi connectivity index (χ1n) is 7.88. The molecule has 118 valence electrons. The van der Waals surface area contributed by atoms with Gasteiger partial charge in [-0.05, 0) is 44.7 Å². The summed E-state index contributed by atoms with van der Waals surface area (Å²) in [5, 5.41) is 6.42. The number of furan rings is 1. The van der Waals surface area contributed by atoms with Crippen molar-refractivity contribution < 1.29 is 4.42 Å². The second kappa shape index (κ2) is 6.12. The third-order valence-corrected chi connectivity index (χ3v) is 4.92. The van der Waals surface area contributed by atoms with Crippen molar-refractivity contribution in [3.63, 3.8) is 0 Å². The summed E-state index contributed by atoms with van der Waals surface area (Å²) in [4.78, 5) is 13.8. The lowest BCUT2D eigenvalue weighted by atomic mass is 9.96.